The molecule has 1 aromatic rings. The number of alkyl halides is 1. The van der Waals surface area contributed by atoms with Crippen molar-refractivity contribution in [2.24, 2.45) is 28.6 Å². The molecule has 4 aliphatic rings. The zero-order valence-electron chi connectivity index (χ0n) is 35.3. The Morgan fingerprint density at radius 1 is 0.969 bits per heavy atom. The monoisotopic (exact) mass is 925 g/mol. The number of carbonyl (C=O) groups is 5. The summed E-state index contributed by atoms with van der Waals surface area (Å²) in [5.74, 6) is -4.77. The largest absolute Gasteiger partial charge is 0.514 e. The molecule has 3 unspecified atom stereocenters. The van der Waals surface area contributed by atoms with E-state index in [4.69, 9.17) is 35.3 Å². The molecular weight excluding hydrogens is 878 g/mol. The minimum atomic E-state index is -2.00. The summed E-state index contributed by atoms with van der Waals surface area (Å²) in [5.41, 5.74) is -3.51. The van der Waals surface area contributed by atoms with Crippen molar-refractivity contribution in [3.63, 3.8) is 0 Å². The fourth-order valence-electron chi connectivity index (χ4n) is 10.2. The van der Waals surface area contributed by atoms with E-state index in [2.05, 4.69) is 14.5 Å². The van der Waals surface area contributed by atoms with Crippen molar-refractivity contribution >= 4 is 41.3 Å². The van der Waals surface area contributed by atoms with Gasteiger partial charge in [0.2, 0.25) is 5.78 Å². The standard InChI is InChI=1S/C40H48ClN3O20/c1-23-17-29-28-11-10-25-19-26(45)13-14-37(25,2)39(28,41)32(46)20-38(29,3)40(23,63-34(48)8-6-16-60-42(51)52)33(47)22-59-36(50)62-30-12-9-24(18-31(30)57-4)35(49)58-15-5-7-27(64-44(55)56)21-61-43(53)54/h9,12-14,18-19,23,27-29,32,46H,5-8,10-11,15-17,20-22H2,1-4H3/t23-,27?,28?,29?,32-,37-,38-,39-,40-/m0/s1. The van der Waals surface area contributed by atoms with Gasteiger partial charge < -0.3 is 43.3 Å². The number of hydrogen-bond donors (Lipinski definition) is 1. The first kappa shape index (κ1) is 48.9. The van der Waals surface area contributed by atoms with E-state index in [0.29, 0.717) is 19.3 Å². The van der Waals surface area contributed by atoms with Crippen LogP contribution in [0.4, 0.5) is 4.79 Å². The van der Waals surface area contributed by atoms with Gasteiger partial charge in [-0.15, -0.1) is 41.9 Å². The van der Waals surface area contributed by atoms with E-state index in [1.807, 2.05) is 6.92 Å². The molecule has 1 N–H and O–H groups in total. The SMILES string of the molecule is COc1cc(C(=O)OCCCC(CO[N+](=O)[O-])O[N+](=O)[O-])ccc1OC(=O)OCC(=O)[C@@]1(OC(=O)CCCO[N+](=O)[O-])[C@@H](C)CC2C3CCC4=CC(=O)C=C[C@]4(C)[C@@]3(Cl)[C@@H](O)C[C@@]21C. The molecule has 0 radical (unpaired) electrons. The number of ketones is 2. The molecule has 64 heavy (non-hydrogen) atoms. The average molecular weight is 926 g/mol. The highest BCUT2D eigenvalue weighted by Gasteiger charge is 2.76. The Bertz CT molecular complexity index is 2100. The Hall–Kier alpha value is -6.10. The Morgan fingerprint density at radius 3 is 2.36 bits per heavy atom. The van der Waals surface area contributed by atoms with Gasteiger partial charge in [-0.25, -0.2) is 9.59 Å². The third-order valence-corrected chi connectivity index (χ3v) is 13.9. The van der Waals surface area contributed by atoms with Crippen LogP contribution in [0.5, 0.6) is 11.5 Å². The lowest BCUT2D eigenvalue weighted by molar-refractivity contribution is -0.790. The number of Topliss-reactive ketones (excluding diaryl/α,β-unsaturated/α-hetero) is 1. The zero-order valence-corrected chi connectivity index (χ0v) is 36.0. The summed E-state index contributed by atoms with van der Waals surface area (Å²) in [6.45, 7) is 2.90. The van der Waals surface area contributed by atoms with Crippen LogP contribution in [0.3, 0.4) is 0 Å². The van der Waals surface area contributed by atoms with E-state index in [-0.39, 0.29) is 61.6 Å². The van der Waals surface area contributed by atoms with Crippen molar-refractivity contribution in [3.8, 4) is 11.5 Å². The Labute approximate surface area is 369 Å². The molecule has 350 valence electrons. The number of aliphatic hydroxyl groups excluding tert-OH is 1. The quantitative estimate of drug-likeness (QED) is 0.0333. The average Bonchev–Trinajstić information content (AvgIpc) is 3.44. The van der Waals surface area contributed by atoms with Crippen LogP contribution in [-0.2, 0) is 43.1 Å². The van der Waals surface area contributed by atoms with Gasteiger partial charge in [-0.3, -0.25) is 14.4 Å². The second kappa shape index (κ2) is 19.7. The number of ether oxygens (including phenoxy) is 5. The topological polar surface area (TPSA) is 309 Å². The Morgan fingerprint density at radius 2 is 1.69 bits per heavy atom. The van der Waals surface area contributed by atoms with Gasteiger partial charge in [0, 0.05) is 23.2 Å². The summed E-state index contributed by atoms with van der Waals surface area (Å²) in [5, 5.41) is 40.7. The summed E-state index contributed by atoms with van der Waals surface area (Å²) in [6, 6.07) is 3.56. The highest BCUT2D eigenvalue weighted by molar-refractivity contribution is 6.26. The highest BCUT2D eigenvalue weighted by atomic mass is 35.5. The lowest BCUT2D eigenvalue weighted by Crippen LogP contribution is -2.69. The molecule has 23 nitrogen and oxygen atoms in total. The molecule has 3 fully saturated rings. The number of allylic oxidation sites excluding steroid dienone is 4. The maximum atomic E-state index is 14.7. The minimum absolute atomic E-state index is 0.000510. The number of halogens is 1. The molecule has 0 heterocycles. The Kier molecular flexibility index (Phi) is 15.1. The molecule has 9 atom stereocenters. The first-order chi connectivity index (χ1) is 30.1. The van der Waals surface area contributed by atoms with Gasteiger partial charge in [0.25, 0.3) is 15.3 Å². The Balaban J connectivity index is 1.30. The van der Waals surface area contributed by atoms with Gasteiger partial charge in [-0.2, -0.15) is 0 Å². The first-order valence-corrected chi connectivity index (χ1v) is 20.6. The molecule has 0 aliphatic heterocycles. The normalized spacial score (nSPS) is 29.3. The predicted octanol–water partition coefficient (Wildman–Crippen LogP) is 4.66. The van der Waals surface area contributed by atoms with Crippen LogP contribution in [0.15, 0.2) is 42.0 Å². The van der Waals surface area contributed by atoms with Crippen molar-refractivity contribution in [2.45, 2.75) is 94.8 Å². The molecule has 0 spiro atoms. The van der Waals surface area contributed by atoms with Crippen molar-refractivity contribution in [1.82, 2.24) is 0 Å². The summed E-state index contributed by atoms with van der Waals surface area (Å²) in [7, 11) is 1.21. The summed E-state index contributed by atoms with van der Waals surface area (Å²) in [4.78, 5) is 110. The van der Waals surface area contributed by atoms with Crippen molar-refractivity contribution in [1.29, 1.82) is 0 Å². The molecule has 4 aliphatic carbocycles. The van der Waals surface area contributed by atoms with Crippen molar-refractivity contribution in [2.75, 3.05) is 33.5 Å². The van der Waals surface area contributed by atoms with Gasteiger partial charge in [0.1, 0.15) is 12.7 Å². The molecule has 0 amide bonds. The molecule has 3 saturated carbocycles. The van der Waals surface area contributed by atoms with E-state index < -0.39 is 110 Å². The number of hydrogen-bond acceptors (Lipinski definition) is 20. The van der Waals surface area contributed by atoms with Gasteiger partial charge in [0.05, 0.1) is 36.9 Å². The lowest BCUT2D eigenvalue weighted by Gasteiger charge is -2.64. The van der Waals surface area contributed by atoms with Crippen LogP contribution in [0.25, 0.3) is 0 Å². The summed E-state index contributed by atoms with van der Waals surface area (Å²) < 4.78 is 27.2. The van der Waals surface area contributed by atoms with Crippen LogP contribution in [0.2, 0.25) is 0 Å². The fraction of sp³-hybridized carbons (Fsp3) is 0.625. The number of benzene rings is 1. The van der Waals surface area contributed by atoms with E-state index in [9.17, 15) is 59.4 Å². The van der Waals surface area contributed by atoms with E-state index in [1.54, 1.807) is 19.9 Å². The predicted molar refractivity (Wildman–Crippen MR) is 213 cm³/mol. The molecule has 24 heteroatoms. The minimum Gasteiger partial charge on any atom is -0.493 e. The van der Waals surface area contributed by atoms with E-state index >= 15 is 0 Å². The van der Waals surface area contributed by atoms with E-state index in [0.717, 1.165) is 5.57 Å². The fourth-order valence-corrected chi connectivity index (χ4v) is 10.7. The summed E-state index contributed by atoms with van der Waals surface area (Å²) >= 11 is 7.58. The van der Waals surface area contributed by atoms with E-state index in [1.165, 1.54) is 37.5 Å². The molecule has 5 rings (SSSR count). The zero-order chi connectivity index (χ0) is 47.2. The highest BCUT2D eigenvalue weighted by Crippen LogP contribution is 2.72. The van der Waals surface area contributed by atoms with Crippen LogP contribution in [-0.4, -0.2) is 106 Å². The molecule has 1 aromatic carbocycles. The second-order valence-corrected chi connectivity index (χ2v) is 17.1. The third-order valence-electron chi connectivity index (χ3n) is 13.0. The molecular formula is C40H48ClN3O20. The van der Waals surface area contributed by atoms with Crippen LogP contribution < -0.4 is 9.47 Å². The first-order valence-electron chi connectivity index (χ1n) is 20.2. The molecule has 0 aromatic heterocycles. The number of aliphatic hydroxyl groups is 1. The van der Waals surface area contributed by atoms with Crippen molar-refractivity contribution < 1.29 is 82.5 Å². The number of carbonyl (C=O) groups excluding carboxylic acids is 5. The lowest BCUT2D eigenvalue weighted by atomic mass is 9.45. The van der Waals surface area contributed by atoms with Gasteiger partial charge in [-0.1, -0.05) is 32.4 Å². The van der Waals surface area contributed by atoms with Gasteiger partial charge in [-0.05, 0) is 87.1 Å². The van der Waals surface area contributed by atoms with Crippen LogP contribution >= 0.6 is 11.6 Å². The van der Waals surface area contributed by atoms with Crippen LogP contribution in [0, 0.1) is 58.9 Å². The number of esters is 2. The molecule has 0 saturated heterocycles. The maximum Gasteiger partial charge on any atom is 0.514 e. The van der Waals surface area contributed by atoms with Crippen molar-refractivity contribution in [3.05, 3.63) is 77.9 Å². The van der Waals surface area contributed by atoms with Gasteiger partial charge in [0.15, 0.2) is 29.5 Å². The number of rotatable bonds is 21. The number of methoxy groups -OCH3 is 1. The second-order valence-electron chi connectivity index (χ2n) is 16.4. The molecule has 0 bridgehead atoms. The third kappa shape index (κ3) is 9.68. The summed E-state index contributed by atoms with van der Waals surface area (Å²) in [6.07, 6.45) is 1.15. The van der Waals surface area contributed by atoms with Crippen LogP contribution in [0.1, 0.15) is 82.5 Å². The van der Waals surface area contributed by atoms with Gasteiger partial charge >= 0.3 is 18.1 Å². The number of nitrogens with zero attached hydrogens (tertiary/aromatic N) is 3. The number of fused-ring (bicyclic) bond motifs is 5. The maximum absolute atomic E-state index is 14.7. The smallest absolute Gasteiger partial charge is 0.493 e.